The number of amides is 1. The van der Waals surface area contributed by atoms with Gasteiger partial charge in [0.1, 0.15) is 0 Å². The van der Waals surface area contributed by atoms with E-state index < -0.39 is 0 Å². The van der Waals surface area contributed by atoms with E-state index in [4.69, 9.17) is 16.9 Å². The van der Waals surface area contributed by atoms with Gasteiger partial charge in [0, 0.05) is 26.2 Å². The van der Waals surface area contributed by atoms with Crippen LogP contribution in [0, 0.1) is 11.3 Å². The molecule has 0 spiro atoms. The molecule has 0 bridgehead atoms. The summed E-state index contributed by atoms with van der Waals surface area (Å²) in [5.74, 6) is 0.0381. The Labute approximate surface area is 115 Å². The van der Waals surface area contributed by atoms with Gasteiger partial charge in [-0.25, -0.2) is 0 Å². The molecule has 1 aromatic heterocycles. The van der Waals surface area contributed by atoms with Crippen LogP contribution in [0.1, 0.15) is 16.6 Å². The average Bonchev–Trinajstić information content (AvgIpc) is 2.84. The molecule has 1 saturated heterocycles. The molecule has 0 aromatic carbocycles. The molecule has 0 N–H and O–H groups in total. The molecular formula is C12H14ClN3OS. The molecule has 6 heteroatoms. The van der Waals surface area contributed by atoms with Crippen LogP contribution >= 0.6 is 22.9 Å². The number of thiophene rings is 1. The van der Waals surface area contributed by atoms with Gasteiger partial charge >= 0.3 is 0 Å². The van der Waals surface area contributed by atoms with Crippen LogP contribution in [0.4, 0.5) is 0 Å². The quantitative estimate of drug-likeness (QED) is 0.835. The topological polar surface area (TPSA) is 47.3 Å². The van der Waals surface area contributed by atoms with Crippen LogP contribution in [0.2, 0.25) is 4.34 Å². The number of hydrogen-bond acceptors (Lipinski definition) is 4. The van der Waals surface area contributed by atoms with E-state index in [2.05, 4.69) is 11.0 Å². The summed E-state index contributed by atoms with van der Waals surface area (Å²) in [6.07, 6.45) is 0. The summed E-state index contributed by atoms with van der Waals surface area (Å²) in [6.45, 7) is 4.72. The van der Waals surface area contributed by atoms with E-state index in [1.807, 2.05) is 11.8 Å². The molecule has 1 amide bonds. The van der Waals surface area contributed by atoms with Crippen molar-refractivity contribution in [1.29, 1.82) is 5.26 Å². The fraction of sp³-hybridized carbons (Fsp3) is 0.500. The molecule has 1 aliphatic heterocycles. The van der Waals surface area contributed by atoms with Gasteiger partial charge in [-0.3, -0.25) is 9.69 Å². The second-order valence-corrected chi connectivity index (χ2v) is 5.95. The van der Waals surface area contributed by atoms with E-state index >= 15 is 0 Å². The zero-order chi connectivity index (χ0) is 13.1. The first-order chi connectivity index (χ1) is 8.61. The van der Waals surface area contributed by atoms with Gasteiger partial charge in [-0.05, 0) is 19.1 Å². The highest BCUT2D eigenvalue weighted by atomic mass is 35.5. The largest absolute Gasteiger partial charge is 0.335 e. The summed E-state index contributed by atoms with van der Waals surface area (Å²) in [4.78, 5) is 16.7. The number of halogens is 1. The van der Waals surface area contributed by atoms with Gasteiger partial charge in [-0.15, -0.1) is 11.3 Å². The summed E-state index contributed by atoms with van der Waals surface area (Å²) in [7, 11) is 0. The molecule has 1 aromatic rings. The van der Waals surface area contributed by atoms with Crippen molar-refractivity contribution < 1.29 is 4.79 Å². The van der Waals surface area contributed by atoms with E-state index in [-0.39, 0.29) is 11.9 Å². The molecule has 1 aliphatic rings. The number of carbonyl (C=O) groups is 1. The van der Waals surface area contributed by atoms with Crippen LogP contribution in [0.5, 0.6) is 0 Å². The van der Waals surface area contributed by atoms with Gasteiger partial charge in [0.2, 0.25) is 0 Å². The SMILES string of the molecule is CC(C#N)N1CCN(C(=O)c2ccc(Cl)s2)CC1. The molecule has 1 unspecified atom stereocenters. The molecule has 96 valence electrons. The van der Waals surface area contributed by atoms with Crippen molar-refractivity contribution in [2.75, 3.05) is 26.2 Å². The highest BCUT2D eigenvalue weighted by molar-refractivity contribution is 7.17. The van der Waals surface area contributed by atoms with Crippen molar-refractivity contribution in [2.24, 2.45) is 0 Å². The zero-order valence-corrected chi connectivity index (χ0v) is 11.7. The predicted molar refractivity (Wildman–Crippen MR) is 71.9 cm³/mol. The van der Waals surface area contributed by atoms with Crippen LogP contribution in [0.25, 0.3) is 0 Å². The zero-order valence-electron chi connectivity index (χ0n) is 10.1. The number of nitriles is 1. The van der Waals surface area contributed by atoms with E-state index in [9.17, 15) is 4.79 Å². The maximum absolute atomic E-state index is 12.2. The van der Waals surface area contributed by atoms with E-state index in [0.717, 1.165) is 13.1 Å². The molecule has 0 radical (unpaired) electrons. The number of nitrogens with zero attached hydrogens (tertiary/aromatic N) is 3. The normalized spacial score (nSPS) is 18.4. The van der Waals surface area contributed by atoms with Gasteiger partial charge in [0.05, 0.1) is 21.3 Å². The smallest absolute Gasteiger partial charge is 0.264 e. The minimum absolute atomic E-state index is 0.0381. The third-order valence-electron chi connectivity index (χ3n) is 3.12. The van der Waals surface area contributed by atoms with Crippen LogP contribution in [0.3, 0.4) is 0 Å². The van der Waals surface area contributed by atoms with Crippen LogP contribution < -0.4 is 0 Å². The van der Waals surface area contributed by atoms with Gasteiger partial charge in [0.25, 0.3) is 5.91 Å². The summed E-state index contributed by atoms with van der Waals surface area (Å²) >= 11 is 7.14. The Morgan fingerprint density at radius 3 is 2.61 bits per heavy atom. The molecule has 0 aliphatic carbocycles. The average molecular weight is 284 g/mol. The fourth-order valence-corrected chi connectivity index (χ4v) is 2.99. The minimum atomic E-state index is -0.0848. The third kappa shape index (κ3) is 2.83. The van der Waals surface area contributed by atoms with Crippen molar-refractivity contribution in [1.82, 2.24) is 9.80 Å². The lowest BCUT2D eigenvalue weighted by Gasteiger charge is -2.35. The van der Waals surface area contributed by atoms with E-state index in [1.54, 1.807) is 12.1 Å². The first kappa shape index (κ1) is 13.3. The predicted octanol–water partition coefficient (Wildman–Crippen LogP) is 2.07. The van der Waals surface area contributed by atoms with Crippen LogP contribution in [-0.4, -0.2) is 47.9 Å². The summed E-state index contributed by atoms with van der Waals surface area (Å²) < 4.78 is 0.634. The van der Waals surface area contributed by atoms with Gasteiger partial charge < -0.3 is 4.90 Å². The molecule has 1 atom stereocenters. The van der Waals surface area contributed by atoms with Crippen molar-refractivity contribution in [3.8, 4) is 6.07 Å². The molecule has 2 heterocycles. The first-order valence-electron chi connectivity index (χ1n) is 5.80. The number of hydrogen-bond donors (Lipinski definition) is 0. The molecule has 0 saturated carbocycles. The Kier molecular flexibility index (Phi) is 4.23. The Balaban J connectivity index is 1.94. The molecule has 2 rings (SSSR count). The Bertz CT molecular complexity index is 474. The number of carbonyl (C=O) groups excluding carboxylic acids is 1. The fourth-order valence-electron chi connectivity index (χ4n) is 1.98. The second kappa shape index (κ2) is 5.70. The summed E-state index contributed by atoms with van der Waals surface area (Å²) in [5.41, 5.74) is 0. The third-order valence-corrected chi connectivity index (χ3v) is 4.34. The highest BCUT2D eigenvalue weighted by Crippen LogP contribution is 2.23. The Morgan fingerprint density at radius 2 is 2.11 bits per heavy atom. The Hall–Kier alpha value is -1.09. The van der Waals surface area contributed by atoms with E-state index in [1.165, 1.54) is 11.3 Å². The van der Waals surface area contributed by atoms with Crippen molar-refractivity contribution in [3.05, 3.63) is 21.3 Å². The van der Waals surface area contributed by atoms with Crippen molar-refractivity contribution in [2.45, 2.75) is 13.0 Å². The number of piperazine rings is 1. The lowest BCUT2D eigenvalue weighted by molar-refractivity contribution is 0.0620. The minimum Gasteiger partial charge on any atom is -0.335 e. The summed E-state index contributed by atoms with van der Waals surface area (Å²) in [6, 6.07) is 5.64. The van der Waals surface area contributed by atoms with Gasteiger partial charge in [-0.1, -0.05) is 11.6 Å². The lowest BCUT2D eigenvalue weighted by Crippen LogP contribution is -2.50. The molecule has 4 nitrogen and oxygen atoms in total. The van der Waals surface area contributed by atoms with Crippen LogP contribution in [-0.2, 0) is 0 Å². The molecule has 1 fully saturated rings. The lowest BCUT2D eigenvalue weighted by atomic mass is 10.2. The maximum Gasteiger partial charge on any atom is 0.264 e. The monoisotopic (exact) mass is 283 g/mol. The first-order valence-corrected chi connectivity index (χ1v) is 6.99. The van der Waals surface area contributed by atoms with Gasteiger partial charge in [-0.2, -0.15) is 5.26 Å². The standard InChI is InChI=1S/C12H14ClN3OS/c1-9(8-14)15-4-6-16(7-5-15)12(17)10-2-3-11(13)18-10/h2-3,9H,4-7H2,1H3. The number of rotatable bonds is 2. The summed E-state index contributed by atoms with van der Waals surface area (Å²) in [5, 5.41) is 8.86. The van der Waals surface area contributed by atoms with E-state index in [0.29, 0.717) is 22.3 Å². The van der Waals surface area contributed by atoms with Crippen LogP contribution in [0.15, 0.2) is 12.1 Å². The maximum atomic E-state index is 12.2. The Morgan fingerprint density at radius 1 is 1.44 bits per heavy atom. The molecule has 18 heavy (non-hydrogen) atoms. The highest BCUT2D eigenvalue weighted by Gasteiger charge is 2.25. The second-order valence-electron chi connectivity index (χ2n) is 4.24. The van der Waals surface area contributed by atoms with Gasteiger partial charge in [0.15, 0.2) is 0 Å². The van der Waals surface area contributed by atoms with Crippen molar-refractivity contribution in [3.63, 3.8) is 0 Å². The van der Waals surface area contributed by atoms with Crippen molar-refractivity contribution >= 4 is 28.8 Å². The molecular weight excluding hydrogens is 270 g/mol.